The number of thioether (sulfide) groups is 1. The Balaban J connectivity index is 1.44. The lowest BCUT2D eigenvalue weighted by Gasteiger charge is -2.28. The second kappa shape index (κ2) is 13.4. The highest BCUT2D eigenvalue weighted by atomic mass is 35.5. The summed E-state index contributed by atoms with van der Waals surface area (Å²) in [5.41, 5.74) is 5.26. The van der Waals surface area contributed by atoms with E-state index in [1.54, 1.807) is 4.68 Å². The van der Waals surface area contributed by atoms with Crippen LogP contribution in [0, 0.1) is 0 Å². The number of esters is 1. The van der Waals surface area contributed by atoms with E-state index in [1.165, 1.54) is 24.4 Å². The van der Waals surface area contributed by atoms with Crippen LogP contribution in [0.25, 0.3) is 0 Å². The van der Waals surface area contributed by atoms with Gasteiger partial charge in [-0.05, 0) is 59.7 Å². The molecule has 1 aliphatic rings. The Morgan fingerprint density at radius 2 is 1.80 bits per heavy atom. The third-order valence-electron chi connectivity index (χ3n) is 7.35. The Morgan fingerprint density at radius 3 is 2.48 bits per heavy atom. The quantitative estimate of drug-likeness (QED) is 0.139. The molecule has 230 valence electrons. The molecule has 1 atom stereocenters. The van der Waals surface area contributed by atoms with Gasteiger partial charge in [-0.2, -0.15) is 4.98 Å². The number of nitrogens with one attached hydrogen (secondary N) is 1. The van der Waals surface area contributed by atoms with E-state index in [0.717, 1.165) is 16.7 Å². The van der Waals surface area contributed by atoms with Crippen molar-refractivity contribution >= 4 is 35.3 Å². The highest BCUT2D eigenvalue weighted by Crippen LogP contribution is 2.40. The molecule has 10 heteroatoms. The van der Waals surface area contributed by atoms with E-state index in [4.69, 9.17) is 35.9 Å². The van der Waals surface area contributed by atoms with E-state index in [-0.39, 0.29) is 5.41 Å². The van der Waals surface area contributed by atoms with Crippen molar-refractivity contribution in [3.8, 4) is 11.5 Å². The molecule has 1 aliphatic heterocycles. The van der Waals surface area contributed by atoms with Gasteiger partial charge in [-0.25, -0.2) is 9.48 Å². The molecule has 0 radical (unpaired) electrons. The molecule has 44 heavy (non-hydrogen) atoms. The fourth-order valence-electron chi connectivity index (χ4n) is 4.98. The molecule has 8 nitrogen and oxygen atoms in total. The second-order valence-electron chi connectivity index (χ2n) is 11.5. The topological polar surface area (TPSA) is 87.5 Å². The zero-order valence-corrected chi connectivity index (χ0v) is 27.4. The number of carbonyl (C=O) groups excluding carboxylic acids is 1. The van der Waals surface area contributed by atoms with Crippen molar-refractivity contribution in [2.24, 2.45) is 0 Å². The molecule has 0 saturated carbocycles. The lowest BCUT2D eigenvalue weighted by molar-refractivity contribution is -0.136. The SMILES string of the molecule is CCOc1cc(C2C(C(=O)OC)=C(C)Nc3nc(SCc4ccccc4Cl)nn32)ccc1OCc1ccc(C(C)(C)C)cc1. The minimum atomic E-state index is -0.598. The smallest absolute Gasteiger partial charge is 0.338 e. The summed E-state index contributed by atoms with van der Waals surface area (Å²) in [5, 5.41) is 9.28. The minimum absolute atomic E-state index is 0.0842. The molecule has 0 saturated heterocycles. The van der Waals surface area contributed by atoms with Crippen LogP contribution >= 0.6 is 23.4 Å². The number of halogens is 1. The normalized spacial score (nSPS) is 14.6. The molecular formula is C34H37ClN4O4S. The Kier molecular flexibility index (Phi) is 9.56. The molecule has 0 fully saturated rings. The van der Waals surface area contributed by atoms with E-state index >= 15 is 0 Å². The number of methoxy groups -OCH3 is 1. The number of aromatic nitrogens is 3. The van der Waals surface area contributed by atoms with Gasteiger partial charge in [-0.3, -0.25) is 0 Å². The summed E-state index contributed by atoms with van der Waals surface area (Å²) in [6.07, 6.45) is 0. The van der Waals surface area contributed by atoms with Crippen molar-refractivity contribution in [1.29, 1.82) is 0 Å². The van der Waals surface area contributed by atoms with Crippen LogP contribution in [0.2, 0.25) is 5.02 Å². The first-order valence-corrected chi connectivity index (χ1v) is 15.8. The third kappa shape index (κ3) is 6.89. The fourth-order valence-corrected chi connectivity index (χ4v) is 6.09. The van der Waals surface area contributed by atoms with Crippen LogP contribution in [0.3, 0.4) is 0 Å². The molecule has 1 aromatic heterocycles. The van der Waals surface area contributed by atoms with Gasteiger partial charge in [0, 0.05) is 16.5 Å². The molecule has 0 aliphatic carbocycles. The highest BCUT2D eigenvalue weighted by molar-refractivity contribution is 7.98. The average Bonchev–Trinajstić information content (AvgIpc) is 3.41. The summed E-state index contributed by atoms with van der Waals surface area (Å²) in [5.74, 6) is 1.86. The van der Waals surface area contributed by atoms with Crippen molar-refractivity contribution in [2.75, 3.05) is 19.0 Å². The monoisotopic (exact) mass is 632 g/mol. The number of fused-ring (bicyclic) bond motifs is 1. The number of hydrogen-bond acceptors (Lipinski definition) is 8. The predicted molar refractivity (Wildman–Crippen MR) is 175 cm³/mol. The van der Waals surface area contributed by atoms with E-state index in [0.29, 0.717) is 57.9 Å². The number of anilines is 1. The fraction of sp³-hybridized carbons (Fsp3) is 0.324. The Bertz CT molecular complexity index is 1680. The van der Waals surface area contributed by atoms with Crippen LogP contribution in [0.4, 0.5) is 5.95 Å². The van der Waals surface area contributed by atoms with Crippen LogP contribution in [0.5, 0.6) is 11.5 Å². The van der Waals surface area contributed by atoms with E-state index in [9.17, 15) is 4.79 Å². The summed E-state index contributed by atoms with van der Waals surface area (Å²) >= 11 is 7.83. The molecule has 3 aromatic carbocycles. The minimum Gasteiger partial charge on any atom is -0.490 e. The molecule has 1 unspecified atom stereocenters. The largest absolute Gasteiger partial charge is 0.490 e. The second-order valence-corrected chi connectivity index (χ2v) is 12.8. The van der Waals surface area contributed by atoms with Crippen LogP contribution in [0.15, 0.2) is 83.2 Å². The number of hydrogen-bond donors (Lipinski definition) is 1. The van der Waals surface area contributed by atoms with Gasteiger partial charge in [0.2, 0.25) is 11.1 Å². The maximum atomic E-state index is 13.1. The summed E-state index contributed by atoms with van der Waals surface area (Å²) in [7, 11) is 1.37. The third-order valence-corrected chi connectivity index (χ3v) is 8.61. The number of rotatable bonds is 10. The summed E-state index contributed by atoms with van der Waals surface area (Å²) in [6, 6.07) is 21.3. The predicted octanol–water partition coefficient (Wildman–Crippen LogP) is 7.96. The van der Waals surface area contributed by atoms with Gasteiger partial charge in [-0.1, -0.05) is 92.7 Å². The van der Waals surface area contributed by atoms with Gasteiger partial charge in [0.25, 0.3) is 0 Å². The van der Waals surface area contributed by atoms with Gasteiger partial charge >= 0.3 is 5.97 Å². The van der Waals surface area contributed by atoms with Crippen molar-refractivity contribution < 1.29 is 19.0 Å². The van der Waals surface area contributed by atoms with Gasteiger partial charge < -0.3 is 19.5 Å². The van der Waals surface area contributed by atoms with Crippen molar-refractivity contribution in [2.45, 2.75) is 63.6 Å². The number of allylic oxidation sites excluding steroid dienone is 1. The maximum Gasteiger partial charge on any atom is 0.338 e. The first-order valence-electron chi connectivity index (χ1n) is 14.5. The van der Waals surface area contributed by atoms with E-state index < -0.39 is 12.0 Å². The molecule has 5 rings (SSSR count). The molecule has 2 heterocycles. The number of nitrogens with zero attached hydrogens (tertiary/aromatic N) is 3. The van der Waals surface area contributed by atoms with E-state index in [1.807, 2.05) is 56.3 Å². The summed E-state index contributed by atoms with van der Waals surface area (Å²) in [6.45, 7) is 11.2. The number of benzene rings is 3. The van der Waals surface area contributed by atoms with Gasteiger partial charge in [0.1, 0.15) is 12.6 Å². The zero-order chi connectivity index (χ0) is 31.4. The van der Waals surface area contributed by atoms with E-state index in [2.05, 4.69) is 50.4 Å². The standard InChI is InChI=1S/C34H37ClN4O4S/c1-7-42-28-18-23(14-17-27(28)43-19-22-12-15-25(16-13-22)34(3,4)5)30-29(31(40)41-6)21(2)36-32-37-33(38-39(30)32)44-20-24-10-8-9-11-26(24)35/h8-18,30H,7,19-20H2,1-6H3,(H,36,37,38). The lowest BCUT2D eigenvalue weighted by atomic mass is 9.87. The number of ether oxygens (including phenoxy) is 3. The summed E-state index contributed by atoms with van der Waals surface area (Å²) < 4.78 is 19.2. The molecular weight excluding hydrogens is 596 g/mol. The van der Waals surface area contributed by atoms with Crippen LogP contribution in [-0.4, -0.2) is 34.5 Å². The maximum absolute atomic E-state index is 13.1. The Morgan fingerprint density at radius 1 is 1.05 bits per heavy atom. The first-order chi connectivity index (χ1) is 21.1. The number of carbonyl (C=O) groups is 1. The molecule has 0 amide bonds. The van der Waals surface area contributed by atoms with Crippen LogP contribution < -0.4 is 14.8 Å². The van der Waals surface area contributed by atoms with Crippen LogP contribution in [-0.2, 0) is 27.3 Å². The highest BCUT2D eigenvalue weighted by Gasteiger charge is 2.35. The van der Waals surface area contributed by atoms with Crippen LogP contribution in [0.1, 0.15) is 62.9 Å². The lowest BCUT2D eigenvalue weighted by Crippen LogP contribution is -2.29. The van der Waals surface area contributed by atoms with Crippen molar-refractivity contribution in [3.05, 3.63) is 105 Å². The molecule has 0 spiro atoms. The molecule has 0 bridgehead atoms. The Hall–Kier alpha value is -3.95. The molecule has 1 N–H and O–H groups in total. The van der Waals surface area contributed by atoms with Crippen molar-refractivity contribution in [3.63, 3.8) is 0 Å². The molecule has 4 aromatic rings. The van der Waals surface area contributed by atoms with Gasteiger partial charge in [0.05, 0.1) is 19.3 Å². The van der Waals surface area contributed by atoms with Gasteiger partial charge in [-0.15, -0.1) is 5.10 Å². The Labute approximate surface area is 267 Å². The first kappa shape index (κ1) is 31.5. The average molecular weight is 633 g/mol. The zero-order valence-electron chi connectivity index (χ0n) is 25.8. The summed E-state index contributed by atoms with van der Waals surface area (Å²) in [4.78, 5) is 17.8. The van der Waals surface area contributed by atoms with Gasteiger partial charge in [0.15, 0.2) is 11.5 Å². The van der Waals surface area contributed by atoms with Crippen molar-refractivity contribution in [1.82, 2.24) is 14.8 Å².